The van der Waals surface area contributed by atoms with E-state index in [9.17, 15) is 13.2 Å². The molecule has 0 fully saturated rings. The van der Waals surface area contributed by atoms with Gasteiger partial charge >= 0.3 is 10.1 Å². The highest BCUT2D eigenvalue weighted by molar-refractivity contribution is 7.87. The number of carbonyl (C=O) groups excluding carboxylic acids is 1. The van der Waals surface area contributed by atoms with Crippen LogP contribution in [0.3, 0.4) is 0 Å². The Morgan fingerprint density at radius 2 is 1.72 bits per heavy atom. The Balaban J connectivity index is 2.31. The summed E-state index contributed by atoms with van der Waals surface area (Å²) in [6.07, 6.45) is 1.25. The summed E-state index contributed by atoms with van der Waals surface area (Å²) in [6, 6.07) is 8.99. The number of anilines is 1. The van der Waals surface area contributed by atoms with Crippen molar-refractivity contribution in [3.05, 3.63) is 53.1 Å². The Labute approximate surface area is 146 Å². The first-order chi connectivity index (χ1) is 11.7. The van der Waals surface area contributed by atoms with Gasteiger partial charge in [0.25, 0.3) is 0 Å². The number of oxime groups is 1. The van der Waals surface area contributed by atoms with Gasteiger partial charge in [-0.3, -0.25) is 4.79 Å². The molecule has 0 atom stereocenters. The summed E-state index contributed by atoms with van der Waals surface area (Å²) in [7, 11) is -4.02. The Morgan fingerprint density at radius 1 is 1.16 bits per heavy atom. The number of nitrogens with zero attached hydrogens (tertiary/aromatic N) is 1. The standard InChI is InChI=1S/C17H18N2O5S/c1-11-8-14(10-18-21)9-12(2)17(11)24-25(22,23)16-6-4-15(5-7-16)19-13(3)20/h4-10,21H,1-3H3,(H,19,20)/b18-10-. The molecule has 0 unspecified atom stereocenters. The molecule has 2 aromatic carbocycles. The minimum Gasteiger partial charge on any atom is -0.411 e. The van der Waals surface area contributed by atoms with Gasteiger partial charge in [0.05, 0.1) is 6.21 Å². The minimum absolute atomic E-state index is 0.0265. The van der Waals surface area contributed by atoms with Gasteiger partial charge in [0.2, 0.25) is 5.91 Å². The topological polar surface area (TPSA) is 105 Å². The second-order valence-electron chi connectivity index (χ2n) is 5.47. The van der Waals surface area contributed by atoms with E-state index in [1.165, 1.54) is 37.4 Å². The number of nitrogens with one attached hydrogen (secondary N) is 1. The highest BCUT2D eigenvalue weighted by Crippen LogP contribution is 2.28. The molecule has 2 N–H and O–H groups in total. The van der Waals surface area contributed by atoms with Gasteiger partial charge in [-0.1, -0.05) is 5.16 Å². The number of rotatable bonds is 5. The van der Waals surface area contributed by atoms with Crippen molar-refractivity contribution in [3.8, 4) is 5.75 Å². The van der Waals surface area contributed by atoms with Gasteiger partial charge in [-0.25, -0.2) is 0 Å². The third-order valence-corrected chi connectivity index (χ3v) is 4.58. The third-order valence-electron chi connectivity index (χ3n) is 3.35. The number of hydrogen-bond acceptors (Lipinski definition) is 6. The number of amides is 1. The molecule has 0 aromatic heterocycles. The van der Waals surface area contributed by atoms with Crippen molar-refractivity contribution in [2.24, 2.45) is 5.16 Å². The number of hydrogen-bond donors (Lipinski definition) is 2. The molecule has 25 heavy (non-hydrogen) atoms. The number of aryl methyl sites for hydroxylation is 2. The minimum atomic E-state index is -4.02. The van der Waals surface area contributed by atoms with Gasteiger partial charge in [0, 0.05) is 12.6 Å². The summed E-state index contributed by atoms with van der Waals surface area (Å²) in [5.41, 5.74) is 2.30. The Morgan fingerprint density at radius 3 is 2.20 bits per heavy atom. The molecule has 0 spiro atoms. The SMILES string of the molecule is CC(=O)Nc1ccc(S(=O)(=O)Oc2c(C)cc(/C=N\O)cc2C)cc1. The molecule has 0 saturated heterocycles. The van der Waals surface area contributed by atoms with E-state index in [2.05, 4.69) is 10.5 Å². The molecule has 1 amide bonds. The van der Waals surface area contributed by atoms with Crippen LogP contribution >= 0.6 is 0 Å². The summed E-state index contributed by atoms with van der Waals surface area (Å²) in [5.74, 6) is -0.0226. The molecule has 0 aliphatic carbocycles. The van der Waals surface area contributed by atoms with E-state index in [0.29, 0.717) is 22.4 Å². The van der Waals surface area contributed by atoms with Crippen molar-refractivity contribution in [3.63, 3.8) is 0 Å². The highest BCUT2D eigenvalue weighted by Gasteiger charge is 2.19. The predicted octanol–water partition coefficient (Wildman–Crippen LogP) is 2.84. The van der Waals surface area contributed by atoms with Gasteiger partial charge in [0.1, 0.15) is 10.6 Å². The molecule has 8 heteroatoms. The van der Waals surface area contributed by atoms with E-state index in [4.69, 9.17) is 9.39 Å². The monoisotopic (exact) mass is 362 g/mol. The normalized spacial score (nSPS) is 11.5. The quantitative estimate of drug-likeness (QED) is 0.368. The van der Waals surface area contributed by atoms with E-state index < -0.39 is 10.1 Å². The van der Waals surface area contributed by atoms with E-state index in [1.807, 2.05) is 0 Å². The zero-order chi connectivity index (χ0) is 18.6. The van der Waals surface area contributed by atoms with Crippen molar-refractivity contribution in [1.82, 2.24) is 0 Å². The van der Waals surface area contributed by atoms with Crippen molar-refractivity contribution in [1.29, 1.82) is 0 Å². The maximum absolute atomic E-state index is 12.5. The summed E-state index contributed by atoms with van der Waals surface area (Å²) in [4.78, 5) is 11.0. The van der Waals surface area contributed by atoms with Crippen LogP contribution in [0.2, 0.25) is 0 Å². The number of carbonyl (C=O) groups is 1. The van der Waals surface area contributed by atoms with Gasteiger partial charge < -0.3 is 14.7 Å². The summed E-state index contributed by atoms with van der Waals surface area (Å²) < 4.78 is 30.2. The maximum atomic E-state index is 12.5. The second kappa shape index (κ2) is 7.35. The lowest BCUT2D eigenvalue weighted by Gasteiger charge is -2.13. The van der Waals surface area contributed by atoms with Crippen LogP contribution in [0.4, 0.5) is 5.69 Å². The predicted molar refractivity (Wildman–Crippen MR) is 93.9 cm³/mol. The highest BCUT2D eigenvalue weighted by atomic mass is 32.2. The molecule has 2 aromatic rings. The van der Waals surface area contributed by atoms with Crippen LogP contribution in [0.15, 0.2) is 46.4 Å². The smallest absolute Gasteiger partial charge is 0.339 e. The lowest BCUT2D eigenvalue weighted by molar-refractivity contribution is -0.114. The molecule has 0 saturated carbocycles. The molecule has 0 bridgehead atoms. The van der Waals surface area contributed by atoms with E-state index in [-0.39, 0.29) is 16.6 Å². The van der Waals surface area contributed by atoms with Crippen LogP contribution in [0.5, 0.6) is 5.75 Å². The van der Waals surface area contributed by atoms with Crippen molar-refractivity contribution < 1.29 is 22.6 Å². The van der Waals surface area contributed by atoms with Gasteiger partial charge in [-0.05, 0) is 66.9 Å². The molecule has 2 rings (SSSR count). The van der Waals surface area contributed by atoms with Crippen LogP contribution in [0.1, 0.15) is 23.6 Å². The average molecular weight is 362 g/mol. The summed E-state index contributed by atoms with van der Waals surface area (Å²) in [6.45, 7) is 4.77. The largest absolute Gasteiger partial charge is 0.411 e. The molecule has 7 nitrogen and oxygen atoms in total. The number of benzene rings is 2. The molecule has 0 aliphatic heterocycles. The maximum Gasteiger partial charge on any atom is 0.339 e. The van der Waals surface area contributed by atoms with Crippen LogP contribution in [-0.2, 0) is 14.9 Å². The van der Waals surface area contributed by atoms with Crippen LogP contribution in [-0.4, -0.2) is 25.7 Å². The van der Waals surface area contributed by atoms with E-state index >= 15 is 0 Å². The van der Waals surface area contributed by atoms with Crippen LogP contribution < -0.4 is 9.50 Å². The zero-order valence-corrected chi connectivity index (χ0v) is 14.8. The van der Waals surface area contributed by atoms with Gasteiger partial charge in [-0.15, -0.1) is 0 Å². The first-order valence-corrected chi connectivity index (χ1v) is 8.74. The summed E-state index contributed by atoms with van der Waals surface area (Å²) >= 11 is 0. The van der Waals surface area contributed by atoms with Gasteiger partial charge in [0.15, 0.2) is 0 Å². The molecule has 0 aliphatic rings. The lowest BCUT2D eigenvalue weighted by Crippen LogP contribution is -2.12. The molecule has 0 radical (unpaired) electrons. The Bertz CT molecular complexity index is 896. The van der Waals surface area contributed by atoms with Crippen molar-refractivity contribution >= 4 is 27.9 Å². The van der Waals surface area contributed by atoms with Crippen molar-refractivity contribution in [2.75, 3.05) is 5.32 Å². The molecular weight excluding hydrogens is 344 g/mol. The average Bonchev–Trinajstić information content (AvgIpc) is 2.51. The van der Waals surface area contributed by atoms with Crippen LogP contribution in [0.25, 0.3) is 0 Å². The molecule has 0 heterocycles. The third kappa shape index (κ3) is 4.57. The Kier molecular flexibility index (Phi) is 5.43. The fourth-order valence-electron chi connectivity index (χ4n) is 2.32. The van der Waals surface area contributed by atoms with Gasteiger partial charge in [-0.2, -0.15) is 8.42 Å². The summed E-state index contributed by atoms with van der Waals surface area (Å²) in [5, 5.41) is 14.1. The fraction of sp³-hybridized carbons (Fsp3) is 0.176. The van der Waals surface area contributed by atoms with E-state index in [1.54, 1.807) is 26.0 Å². The molecular formula is C17H18N2O5S. The van der Waals surface area contributed by atoms with Crippen LogP contribution in [0, 0.1) is 13.8 Å². The van der Waals surface area contributed by atoms with Crippen molar-refractivity contribution in [2.45, 2.75) is 25.7 Å². The molecule has 132 valence electrons. The second-order valence-corrected chi connectivity index (χ2v) is 7.02. The Hall–Kier alpha value is -2.87. The first-order valence-electron chi connectivity index (χ1n) is 7.34. The first kappa shape index (κ1) is 18.5. The van der Waals surface area contributed by atoms with E-state index in [0.717, 1.165) is 0 Å². The zero-order valence-electron chi connectivity index (χ0n) is 14.0. The fourth-order valence-corrected chi connectivity index (χ4v) is 3.37. The lowest BCUT2D eigenvalue weighted by atomic mass is 10.1.